The van der Waals surface area contributed by atoms with Crippen molar-refractivity contribution < 1.29 is 9.90 Å². The molecule has 0 radical (unpaired) electrons. The van der Waals surface area contributed by atoms with Gasteiger partial charge in [0.25, 0.3) is 0 Å². The molecule has 0 aliphatic carbocycles. The summed E-state index contributed by atoms with van der Waals surface area (Å²) >= 11 is 0. The van der Waals surface area contributed by atoms with E-state index in [0.29, 0.717) is 0 Å². The smallest absolute Gasteiger partial charge is 0.219 e. The fraction of sp³-hybridized carbons (Fsp3) is 0.462. The first-order valence-electron chi connectivity index (χ1n) is 6.49. The van der Waals surface area contributed by atoms with Crippen molar-refractivity contribution in [2.45, 2.75) is 13.3 Å². The number of hydrogen-bond acceptors (Lipinski definition) is 5. The summed E-state index contributed by atoms with van der Waals surface area (Å²) in [6.45, 7) is 4.83. The Kier molecular flexibility index (Phi) is 2.94. The van der Waals surface area contributed by atoms with Gasteiger partial charge in [-0.15, -0.1) is 0 Å². The molecule has 6 nitrogen and oxygen atoms in total. The lowest BCUT2D eigenvalue weighted by Gasteiger charge is -2.35. The average molecular weight is 262 g/mol. The average Bonchev–Trinajstić information content (AvgIpc) is 2.77. The molecule has 1 saturated heterocycles. The van der Waals surface area contributed by atoms with Crippen LogP contribution in [0.15, 0.2) is 18.2 Å². The largest absolute Gasteiger partial charge is 0.368 e. The van der Waals surface area contributed by atoms with Gasteiger partial charge in [-0.3, -0.25) is 4.79 Å². The Hall–Kier alpha value is -1.95. The number of anilines is 3. The summed E-state index contributed by atoms with van der Waals surface area (Å²) in [6.07, 6.45) is -0.709. The van der Waals surface area contributed by atoms with Gasteiger partial charge < -0.3 is 25.5 Å². The summed E-state index contributed by atoms with van der Waals surface area (Å²) < 4.78 is 0. The van der Waals surface area contributed by atoms with E-state index >= 15 is 0 Å². The maximum absolute atomic E-state index is 11.3. The van der Waals surface area contributed by atoms with Gasteiger partial charge in [-0.05, 0) is 18.2 Å². The number of fused-ring (bicyclic) bond motifs is 1. The minimum atomic E-state index is -0.709. The van der Waals surface area contributed by atoms with E-state index in [4.69, 9.17) is 0 Å². The standard InChI is InChI=1S/C13H18N4O2/c1-9(18)16-4-6-17(7-5-16)10-2-3-11-12(8-10)15-13(19)14-11/h2-3,8,13-15,19H,4-7H2,1H3. The van der Waals surface area contributed by atoms with Crippen LogP contribution in [0.3, 0.4) is 0 Å². The van der Waals surface area contributed by atoms with Crippen LogP contribution in [0.4, 0.5) is 17.1 Å². The normalized spacial score (nSPS) is 21.7. The summed E-state index contributed by atoms with van der Waals surface area (Å²) in [7, 11) is 0. The molecule has 102 valence electrons. The first kappa shape index (κ1) is 12.1. The van der Waals surface area contributed by atoms with Crippen molar-refractivity contribution in [2.75, 3.05) is 41.7 Å². The number of carbonyl (C=O) groups is 1. The fourth-order valence-corrected chi connectivity index (χ4v) is 2.58. The highest BCUT2D eigenvalue weighted by Gasteiger charge is 2.21. The molecule has 0 bridgehead atoms. The zero-order valence-corrected chi connectivity index (χ0v) is 10.9. The van der Waals surface area contributed by atoms with Gasteiger partial charge in [-0.2, -0.15) is 0 Å². The van der Waals surface area contributed by atoms with Crippen molar-refractivity contribution in [1.29, 1.82) is 0 Å². The summed E-state index contributed by atoms with van der Waals surface area (Å²) in [4.78, 5) is 15.4. The molecule has 2 aliphatic heterocycles. The van der Waals surface area contributed by atoms with Gasteiger partial charge in [0, 0.05) is 38.8 Å². The lowest BCUT2D eigenvalue weighted by atomic mass is 10.2. The maximum atomic E-state index is 11.3. The van der Waals surface area contributed by atoms with Crippen LogP contribution in [0.1, 0.15) is 6.92 Å². The number of piperazine rings is 1. The van der Waals surface area contributed by atoms with Crippen molar-refractivity contribution in [3.63, 3.8) is 0 Å². The lowest BCUT2D eigenvalue weighted by molar-refractivity contribution is -0.129. The van der Waals surface area contributed by atoms with Crippen LogP contribution in [0.25, 0.3) is 0 Å². The molecule has 0 spiro atoms. The van der Waals surface area contributed by atoms with Crippen molar-refractivity contribution >= 4 is 23.0 Å². The van der Waals surface area contributed by atoms with Crippen LogP contribution < -0.4 is 15.5 Å². The molecular formula is C13H18N4O2. The van der Waals surface area contributed by atoms with Crippen molar-refractivity contribution in [3.05, 3.63) is 18.2 Å². The van der Waals surface area contributed by atoms with Gasteiger partial charge >= 0.3 is 0 Å². The van der Waals surface area contributed by atoms with Gasteiger partial charge in [0.05, 0.1) is 11.4 Å². The van der Waals surface area contributed by atoms with E-state index in [1.54, 1.807) is 6.92 Å². The Morgan fingerprint density at radius 2 is 1.89 bits per heavy atom. The zero-order valence-electron chi connectivity index (χ0n) is 10.9. The number of nitrogens with zero attached hydrogens (tertiary/aromatic N) is 2. The van der Waals surface area contributed by atoms with Gasteiger partial charge in [-0.25, -0.2) is 0 Å². The molecule has 0 aromatic heterocycles. The second-order valence-corrected chi connectivity index (χ2v) is 4.91. The number of benzene rings is 1. The predicted molar refractivity (Wildman–Crippen MR) is 74.2 cm³/mol. The number of nitrogens with one attached hydrogen (secondary N) is 2. The van der Waals surface area contributed by atoms with Crippen LogP contribution >= 0.6 is 0 Å². The van der Waals surface area contributed by atoms with Crippen molar-refractivity contribution in [1.82, 2.24) is 4.90 Å². The van der Waals surface area contributed by atoms with E-state index in [9.17, 15) is 9.90 Å². The SMILES string of the molecule is CC(=O)N1CCN(c2ccc3c(c2)NC(O)N3)CC1. The molecule has 1 atom stereocenters. The van der Waals surface area contributed by atoms with E-state index in [1.165, 1.54) is 0 Å². The van der Waals surface area contributed by atoms with Crippen LogP contribution in [-0.2, 0) is 4.79 Å². The van der Waals surface area contributed by atoms with Crippen LogP contribution in [0, 0.1) is 0 Å². The number of amides is 1. The molecule has 1 unspecified atom stereocenters. The van der Waals surface area contributed by atoms with Gasteiger partial charge in [0.2, 0.25) is 12.3 Å². The van der Waals surface area contributed by atoms with Crippen LogP contribution in [-0.4, -0.2) is 48.4 Å². The molecule has 2 heterocycles. The van der Waals surface area contributed by atoms with Gasteiger partial charge in [-0.1, -0.05) is 0 Å². The van der Waals surface area contributed by atoms with E-state index in [2.05, 4.69) is 15.5 Å². The second-order valence-electron chi connectivity index (χ2n) is 4.91. The minimum absolute atomic E-state index is 0.141. The van der Waals surface area contributed by atoms with E-state index < -0.39 is 6.35 Å². The number of aliphatic hydroxyl groups excluding tert-OH is 1. The highest BCUT2D eigenvalue weighted by atomic mass is 16.3. The first-order valence-corrected chi connectivity index (χ1v) is 6.49. The molecule has 3 N–H and O–H groups in total. The third-order valence-corrected chi connectivity index (χ3v) is 3.68. The predicted octanol–water partition coefficient (Wildman–Crippen LogP) is 0.468. The third-order valence-electron chi connectivity index (χ3n) is 3.68. The summed E-state index contributed by atoms with van der Waals surface area (Å²) in [5.74, 6) is 0.141. The molecule has 1 amide bonds. The third kappa shape index (κ3) is 2.31. The Balaban J connectivity index is 1.71. The van der Waals surface area contributed by atoms with E-state index in [1.807, 2.05) is 23.1 Å². The Labute approximate surface area is 112 Å². The first-order chi connectivity index (χ1) is 9.13. The maximum Gasteiger partial charge on any atom is 0.219 e. The summed E-state index contributed by atoms with van der Waals surface area (Å²) in [5.41, 5.74) is 2.95. The summed E-state index contributed by atoms with van der Waals surface area (Å²) in [6, 6.07) is 6.03. The molecule has 3 rings (SSSR count). The Morgan fingerprint density at radius 1 is 1.21 bits per heavy atom. The highest BCUT2D eigenvalue weighted by Crippen LogP contribution is 2.32. The molecule has 0 saturated carbocycles. The second kappa shape index (κ2) is 4.62. The van der Waals surface area contributed by atoms with Gasteiger partial charge in [0.15, 0.2) is 0 Å². The Morgan fingerprint density at radius 3 is 2.58 bits per heavy atom. The number of hydrogen-bond donors (Lipinski definition) is 3. The molecule has 2 aliphatic rings. The van der Waals surface area contributed by atoms with Gasteiger partial charge in [0.1, 0.15) is 0 Å². The Bertz CT molecular complexity index is 497. The molecule has 6 heteroatoms. The lowest BCUT2D eigenvalue weighted by Crippen LogP contribution is -2.48. The molecular weight excluding hydrogens is 244 g/mol. The summed E-state index contributed by atoms with van der Waals surface area (Å²) in [5, 5.41) is 15.3. The quantitative estimate of drug-likeness (QED) is 0.686. The van der Waals surface area contributed by atoms with Crippen LogP contribution in [0.5, 0.6) is 0 Å². The fourth-order valence-electron chi connectivity index (χ4n) is 2.58. The van der Waals surface area contributed by atoms with Crippen molar-refractivity contribution in [3.8, 4) is 0 Å². The molecule has 1 aromatic carbocycles. The van der Waals surface area contributed by atoms with E-state index in [-0.39, 0.29) is 5.91 Å². The minimum Gasteiger partial charge on any atom is -0.368 e. The monoisotopic (exact) mass is 262 g/mol. The van der Waals surface area contributed by atoms with Crippen LogP contribution in [0.2, 0.25) is 0 Å². The van der Waals surface area contributed by atoms with E-state index in [0.717, 1.165) is 43.2 Å². The number of rotatable bonds is 1. The number of carbonyl (C=O) groups excluding carboxylic acids is 1. The zero-order chi connectivity index (χ0) is 13.4. The molecule has 19 heavy (non-hydrogen) atoms. The topological polar surface area (TPSA) is 67.8 Å². The van der Waals surface area contributed by atoms with Crippen molar-refractivity contribution in [2.24, 2.45) is 0 Å². The number of aliphatic hydroxyl groups is 1. The highest BCUT2D eigenvalue weighted by molar-refractivity contribution is 5.78. The molecule has 1 aromatic rings. The molecule has 1 fully saturated rings.